The van der Waals surface area contributed by atoms with E-state index in [-0.39, 0.29) is 0 Å². The summed E-state index contributed by atoms with van der Waals surface area (Å²) in [6, 6.07) is -1.53. The first-order valence-corrected chi connectivity index (χ1v) is 2.35. The fraction of sp³-hybridized carbons (Fsp3) is 0.500. The Balaban J connectivity index is 2.53. The van der Waals surface area contributed by atoms with Crippen LogP contribution in [0.25, 0.3) is 0 Å². The van der Waals surface area contributed by atoms with E-state index in [9.17, 15) is 13.2 Å². The van der Waals surface area contributed by atoms with Crippen LogP contribution in [0.4, 0.5) is 13.2 Å². The normalized spacial score (nSPS) is 26.3. The SMILES string of the molecule is FC(F)(F)C1C=CNN1. The average molecular weight is 138 g/mol. The van der Waals surface area contributed by atoms with Crippen LogP contribution in [0.15, 0.2) is 12.3 Å². The van der Waals surface area contributed by atoms with Gasteiger partial charge in [-0.3, -0.25) is 0 Å². The summed E-state index contributed by atoms with van der Waals surface area (Å²) in [5.74, 6) is 0. The molecular weight excluding hydrogens is 133 g/mol. The topological polar surface area (TPSA) is 24.1 Å². The van der Waals surface area contributed by atoms with E-state index < -0.39 is 12.2 Å². The van der Waals surface area contributed by atoms with E-state index in [1.54, 1.807) is 0 Å². The van der Waals surface area contributed by atoms with Crippen LogP contribution < -0.4 is 10.9 Å². The standard InChI is InChI=1S/C4H5F3N2/c5-4(6,7)3-1-2-8-9-3/h1-3,8-9H. The van der Waals surface area contributed by atoms with Crippen LogP contribution >= 0.6 is 0 Å². The molecule has 1 atom stereocenters. The van der Waals surface area contributed by atoms with Crippen LogP contribution in [0.2, 0.25) is 0 Å². The van der Waals surface area contributed by atoms with Crippen LogP contribution in [-0.2, 0) is 0 Å². The second kappa shape index (κ2) is 1.91. The molecule has 0 aromatic heterocycles. The first-order chi connectivity index (χ1) is 4.11. The van der Waals surface area contributed by atoms with E-state index in [0.29, 0.717) is 0 Å². The lowest BCUT2D eigenvalue weighted by atomic mass is 10.3. The van der Waals surface area contributed by atoms with Crippen LogP contribution in [0.5, 0.6) is 0 Å². The molecule has 0 aromatic rings. The predicted octanol–water partition coefficient (Wildman–Crippen LogP) is 0.539. The quantitative estimate of drug-likeness (QED) is 0.510. The molecule has 1 aliphatic heterocycles. The number of hydrazine groups is 1. The first-order valence-electron chi connectivity index (χ1n) is 2.35. The van der Waals surface area contributed by atoms with Crippen LogP contribution in [0.1, 0.15) is 0 Å². The molecule has 0 aliphatic carbocycles. The average Bonchev–Trinajstić information content (AvgIpc) is 2.08. The molecule has 9 heavy (non-hydrogen) atoms. The Morgan fingerprint density at radius 2 is 2.00 bits per heavy atom. The van der Waals surface area contributed by atoms with Gasteiger partial charge in [0.2, 0.25) is 0 Å². The molecule has 0 aromatic carbocycles. The zero-order valence-corrected chi connectivity index (χ0v) is 4.37. The maximum absolute atomic E-state index is 11.6. The zero-order valence-electron chi connectivity index (χ0n) is 4.37. The van der Waals surface area contributed by atoms with Gasteiger partial charge in [0.25, 0.3) is 0 Å². The molecule has 0 amide bonds. The molecule has 52 valence electrons. The Morgan fingerprint density at radius 1 is 1.33 bits per heavy atom. The Bertz CT molecular complexity index is 128. The summed E-state index contributed by atoms with van der Waals surface area (Å²) >= 11 is 0. The predicted molar refractivity (Wildman–Crippen MR) is 25.3 cm³/mol. The summed E-state index contributed by atoms with van der Waals surface area (Å²) in [6.45, 7) is 0. The number of halogens is 3. The minimum Gasteiger partial charge on any atom is -0.328 e. The Kier molecular flexibility index (Phi) is 1.36. The molecule has 0 radical (unpaired) electrons. The van der Waals surface area contributed by atoms with Crippen molar-refractivity contribution in [2.45, 2.75) is 12.2 Å². The molecule has 0 saturated carbocycles. The van der Waals surface area contributed by atoms with Gasteiger partial charge in [0.1, 0.15) is 6.04 Å². The van der Waals surface area contributed by atoms with Crippen LogP contribution in [0, 0.1) is 0 Å². The van der Waals surface area contributed by atoms with Gasteiger partial charge in [-0.1, -0.05) is 0 Å². The molecule has 0 spiro atoms. The van der Waals surface area contributed by atoms with E-state index in [2.05, 4.69) is 5.43 Å². The highest BCUT2D eigenvalue weighted by molar-refractivity contribution is 5.00. The van der Waals surface area contributed by atoms with Gasteiger partial charge >= 0.3 is 6.18 Å². The van der Waals surface area contributed by atoms with Gasteiger partial charge in [-0.05, 0) is 6.08 Å². The fourth-order valence-corrected chi connectivity index (χ4v) is 0.521. The number of nitrogens with one attached hydrogen (secondary N) is 2. The lowest BCUT2D eigenvalue weighted by Crippen LogP contribution is -2.41. The molecule has 0 saturated heterocycles. The van der Waals surface area contributed by atoms with Crippen molar-refractivity contribution in [3.63, 3.8) is 0 Å². The Hall–Kier alpha value is -0.710. The van der Waals surface area contributed by atoms with Crippen molar-refractivity contribution in [3.8, 4) is 0 Å². The van der Waals surface area contributed by atoms with Gasteiger partial charge in [-0.15, -0.1) is 0 Å². The minimum absolute atomic E-state index is 1.01. The molecular formula is C4H5F3N2. The summed E-state index contributed by atoms with van der Waals surface area (Å²) in [5, 5.41) is 0. The monoisotopic (exact) mass is 138 g/mol. The Labute approximate surface area is 49.7 Å². The maximum atomic E-state index is 11.6. The largest absolute Gasteiger partial charge is 0.409 e. The summed E-state index contributed by atoms with van der Waals surface area (Å²) in [6.07, 6.45) is -1.95. The van der Waals surface area contributed by atoms with Gasteiger partial charge in [-0.2, -0.15) is 13.2 Å². The van der Waals surface area contributed by atoms with Crippen molar-refractivity contribution >= 4 is 0 Å². The number of hydrogen-bond acceptors (Lipinski definition) is 2. The maximum Gasteiger partial charge on any atom is 0.409 e. The molecule has 2 nitrogen and oxygen atoms in total. The molecule has 1 rings (SSSR count). The van der Waals surface area contributed by atoms with Gasteiger partial charge in [0.15, 0.2) is 0 Å². The summed E-state index contributed by atoms with van der Waals surface area (Å²) in [7, 11) is 0. The van der Waals surface area contributed by atoms with Crippen molar-refractivity contribution in [3.05, 3.63) is 12.3 Å². The summed E-state index contributed by atoms with van der Waals surface area (Å²) < 4.78 is 34.8. The summed E-state index contributed by atoms with van der Waals surface area (Å²) in [5.41, 5.74) is 4.24. The lowest BCUT2D eigenvalue weighted by molar-refractivity contribution is -0.144. The third kappa shape index (κ3) is 1.35. The van der Waals surface area contributed by atoms with Crippen molar-refractivity contribution in [1.29, 1.82) is 0 Å². The second-order valence-electron chi connectivity index (χ2n) is 1.67. The first kappa shape index (κ1) is 6.41. The van der Waals surface area contributed by atoms with Crippen LogP contribution in [-0.4, -0.2) is 12.2 Å². The van der Waals surface area contributed by atoms with Gasteiger partial charge < -0.3 is 5.43 Å². The van der Waals surface area contributed by atoms with Crippen molar-refractivity contribution in [2.75, 3.05) is 0 Å². The highest BCUT2D eigenvalue weighted by Crippen LogP contribution is 2.21. The highest BCUT2D eigenvalue weighted by Gasteiger charge is 2.38. The zero-order chi connectivity index (χ0) is 6.91. The number of alkyl halides is 3. The number of hydrogen-bond donors (Lipinski definition) is 2. The minimum atomic E-state index is -4.18. The van der Waals surface area contributed by atoms with E-state index in [1.165, 1.54) is 6.20 Å². The van der Waals surface area contributed by atoms with Gasteiger partial charge in [-0.25, -0.2) is 5.43 Å². The third-order valence-electron chi connectivity index (χ3n) is 0.963. The van der Waals surface area contributed by atoms with E-state index in [4.69, 9.17) is 0 Å². The van der Waals surface area contributed by atoms with Crippen molar-refractivity contribution in [2.24, 2.45) is 0 Å². The van der Waals surface area contributed by atoms with Crippen molar-refractivity contribution < 1.29 is 13.2 Å². The van der Waals surface area contributed by atoms with E-state index in [1.807, 2.05) is 5.43 Å². The van der Waals surface area contributed by atoms with Gasteiger partial charge in [0.05, 0.1) is 0 Å². The summed E-state index contributed by atoms with van der Waals surface area (Å²) in [4.78, 5) is 0. The lowest BCUT2D eigenvalue weighted by Gasteiger charge is -2.11. The van der Waals surface area contributed by atoms with Crippen molar-refractivity contribution in [1.82, 2.24) is 10.9 Å². The van der Waals surface area contributed by atoms with E-state index >= 15 is 0 Å². The molecule has 2 N–H and O–H groups in total. The Morgan fingerprint density at radius 3 is 2.22 bits per heavy atom. The van der Waals surface area contributed by atoms with E-state index in [0.717, 1.165) is 6.08 Å². The number of rotatable bonds is 0. The third-order valence-corrected chi connectivity index (χ3v) is 0.963. The fourth-order valence-electron chi connectivity index (χ4n) is 0.521. The smallest absolute Gasteiger partial charge is 0.328 e. The molecule has 0 bridgehead atoms. The highest BCUT2D eigenvalue weighted by atomic mass is 19.4. The second-order valence-corrected chi connectivity index (χ2v) is 1.67. The van der Waals surface area contributed by atoms with Gasteiger partial charge in [0, 0.05) is 6.20 Å². The molecule has 1 unspecified atom stereocenters. The molecule has 1 aliphatic rings. The molecule has 0 fully saturated rings. The molecule has 5 heteroatoms. The van der Waals surface area contributed by atoms with Crippen LogP contribution in [0.3, 0.4) is 0 Å². The molecule has 1 heterocycles.